The maximum atomic E-state index is 13.0. The molecule has 2 amide bonds. The predicted octanol–water partition coefficient (Wildman–Crippen LogP) is 2.08. The average Bonchev–Trinajstić information content (AvgIpc) is 3.17. The first kappa shape index (κ1) is 17.5. The van der Waals surface area contributed by atoms with Crippen molar-refractivity contribution in [1.29, 1.82) is 0 Å². The van der Waals surface area contributed by atoms with Crippen LogP contribution in [-0.4, -0.2) is 53.3 Å². The molecule has 3 unspecified atom stereocenters. The number of benzene rings is 1. The average molecular weight is 355 g/mol. The Morgan fingerprint density at radius 1 is 1.19 bits per heavy atom. The SMILES string of the molecule is Cc1ccc(CN2CC(C(=O)N(C)C3CC4CCC(C3)N4)CC2=O)cc1. The lowest BCUT2D eigenvalue weighted by Crippen LogP contribution is -2.50. The van der Waals surface area contributed by atoms with E-state index in [1.165, 1.54) is 18.4 Å². The Balaban J connectivity index is 1.36. The summed E-state index contributed by atoms with van der Waals surface area (Å²) in [6.45, 7) is 3.21. The van der Waals surface area contributed by atoms with Gasteiger partial charge in [-0.25, -0.2) is 0 Å². The molecule has 3 fully saturated rings. The molecule has 3 saturated heterocycles. The lowest BCUT2D eigenvalue weighted by atomic mass is 9.97. The second-order valence-corrected chi connectivity index (χ2v) is 8.37. The lowest BCUT2D eigenvalue weighted by molar-refractivity contribution is -0.137. The van der Waals surface area contributed by atoms with Crippen LogP contribution < -0.4 is 5.32 Å². The first-order valence-corrected chi connectivity index (χ1v) is 9.85. The van der Waals surface area contributed by atoms with Gasteiger partial charge in [0.05, 0.1) is 5.92 Å². The van der Waals surface area contributed by atoms with Gasteiger partial charge in [-0.2, -0.15) is 0 Å². The Morgan fingerprint density at radius 3 is 2.50 bits per heavy atom. The summed E-state index contributed by atoms with van der Waals surface area (Å²) in [6, 6.07) is 9.72. The third-order valence-corrected chi connectivity index (χ3v) is 6.40. The molecule has 3 aliphatic rings. The van der Waals surface area contributed by atoms with E-state index in [2.05, 4.69) is 36.5 Å². The number of hydrogen-bond acceptors (Lipinski definition) is 3. The second kappa shape index (κ2) is 7.03. The zero-order valence-electron chi connectivity index (χ0n) is 15.8. The third kappa shape index (κ3) is 3.50. The predicted molar refractivity (Wildman–Crippen MR) is 100 cm³/mol. The molecule has 0 radical (unpaired) electrons. The van der Waals surface area contributed by atoms with Gasteiger partial charge in [0.1, 0.15) is 0 Å². The highest BCUT2D eigenvalue weighted by Crippen LogP contribution is 2.31. The minimum Gasteiger partial charge on any atom is -0.342 e. The van der Waals surface area contributed by atoms with E-state index >= 15 is 0 Å². The molecule has 1 aromatic rings. The molecule has 4 rings (SSSR count). The van der Waals surface area contributed by atoms with E-state index < -0.39 is 0 Å². The van der Waals surface area contributed by atoms with Gasteiger partial charge < -0.3 is 15.1 Å². The van der Waals surface area contributed by atoms with Crippen LogP contribution in [0.1, 0.15) is 43.2 Å². The van der Waals surface area contributed by atoms with E-state index in [-0.39, 0.29) is 17.7 Å². The number of likely N-dealkylation sites (tertiary alicyclic amines) is 1. The van der Waals surface area contributed by atoms with Crippen LogP contribution >= 0.6 is 0 Å². The molecule has 1 aromatic carbocycles. The maximum absolute atomic E-state index is 13.0. The standard InChI is InChI=1S/C21H29N3O2/c1-14-3-5-15(6-4-14)12-24-13-16(9-20(24)25)21(26)23(2)19-10-17-7-8-18(11-19)22-17/h3-6,16-19,22H,7-13H2,1-2H3. The van der Waals surface area contributed by atoms with Gasteiger partial charge in [-0.05, 0) is 38.2 Å². The molecule has 0 aliphatic carbocycles. The highest BCUT2D eigenvalue weighted by molar-refractivity contribution is 5.89. The number of amides is 2. The molecule has 26 heavy (non-hydrogen) atoms. The molecule has 5 nitrogen and oxygen atoms in total. The van der Waals surface area contributed by atoms with Crippen LogP contribution in [0.5, 0.6) is 0 Å². The minimum atomic E-state index is -0.189. The molecular formula is C21H29N3O2. The van der Waals surface area contributed by atoms with Gasteiger partial charge in [0.25, 0.3) is 0 Å². The summed E-state index contributed by atoms with van der Waals surface area (Å²) in [7, 11) is 1.94. The zero-order chi connectivity index (χ0) is 18.3. The lowest BCUT2D eigenvalue weighted by Gasteiger charge is -2.36. The highest BCUT2D eigenvalue weighted by Gasteiger charge is 2.40. The molecule has 3 aliphatic heterocycles. The van der Waals surface area contributed by atoms with Gasteiger partial charge in [0.15, 0.2) is 0 Å². The summed E-state index contributed by atoms with van der Waals surface area (Å²) in [5, 5.41) is 3.63. The minimum absolute atomic E-state index is 0.0997. The molecule has 0 saturated carbocycles. The van der Waals surface area contributed by atoms with Crippen molar-refractivity contribution in [2.24, 2.45) is 5.92 Å². The molecule has 1 N–H and O–H groups in total. The number of nitrogens with zero attached hydrogens (tertiary/aromatic N) is 2. The van der Waals surface area contributed by atoms with Crippen molar-refractivity contribution in [1.82, 2.24) is 15.1 Å². The summed E-state index contributed by atoms with van der Waals surface area (Å²) in [5.74, 6) is 0.0595. The normalized spacial score (nSPS) is 30.7. The monoisotopic (exact) mass is 355 g/mol. The van der Waals surface area contributed by atoms with Crippen LogP contribution in [0.2, 0.25) is 0 Å². The molecular weight excluding hydrogens is 326 g/mol. The van der Waals surface area contributed by atoms with Crippen molar-refractivity contribution in [3.8, 4) is 0 Å². The van der Waals surface area contributed by atoms with E-state index in [9.17, 15) is 9.59 Å². The van der Waals surface area contributed by atoms with Gasteiger partial charge in [-0.3, -0.25) is 9.59 Å². The number of rotatable bonds is 4. The van der Waals surface area contributed by atoms with Crippen LogP contribution in [0.25, 0.3) is 0 Å². The van der Waals surface area contributed by atoms with Gasteiger partial charge in [0, 0.05) is 44.7 Å². The molecule has 3 heterocycles. The van der Waals surface area contributed by atoms with Crippen molar-refractivity contribution in [2.75, 3.05) is 13.6 Å². The molecule has 5 heteroatoms. The van der Waals surface area contributed by atoms with Crippen LogP contribution in [0, 0.1) is 12.8 Å². The molecule has 140 valence electrons. The third-order valence-electron chi connectivity index (χ3n) is 6.40. The largest absolute Gasteiger partial charge is 0.342 e. The van der Waals surface area contributed by atoms with E-state index in [1.54, 1.807) is 0 Å². The van der Waals surface area contributed by atoms with Gasteiger partial charge in [-0.15, -0.1) is 0 Å². The summed E-state index contributed by atoms with van der Waals surface area (Å²) in [6.07, 6.45) is 4.91. The Hall–Kier alpha value is -1.88. The van der Waals surface area contributed by atoms with Crippen molar-refractivity contribution in [3.63, 3.8) is 0 Å². The molecule has 3 atom stereocenters. The Labute approximate surface area is 155 Å². The van der Waals surface area contributed by atoms with E-state index in [0.717, 1.165) is 18.4 Å². The number of piperidine rings is 1. The fourth-order valence-electron chi connectivity index (χ4n) is 4.82. The molecule has 0 spiro atoms. The highest BCUT2D eigenvalue weighted by atomic mass is 16.2. The van der Waals surface area contributed by atoms with Crippen molar-refractivity contribution in [2.45, 2.75) is 63.7 Å². The molecule has 2 bridgehead atoms. The summed E-state index contributed by atoms with van der Waals surface area (Å²) in [4.78, 5) is 29.2. The summed E-state index contributed by atoms with van der Waals surface area (Å²) < 4.78 is 0. The zero-order valence-corrected chi connectivity index (χ0v) is 15.8. The first-order valence-electron chi connectivity index (χ1n) is 9.85. The number of nitrogens with one attached hydrogen (secondary N) is 1. The Bertz CT molecular complexity index is 675. The van der Waals surface area contributed by atoms with Gasteiger partial charge >= 0.3 is 0 Å². The Morgan fingerprint density at radius 2 is 1.85 bits per heavy atom. The Kier molecular flexibility index (Phi) is 4.74. The number of carbonyl (C=O) groups excluding carboxylic acids is 2. The number of aryl methyl sites for hydroxylation is 1. The van der Waals surface area contributed by atoms with Crippen LogP contribution in [-0.2, 0) is 16.1 Å². The van der Waals surface area contributed by atoms with Crippen LogP contribution in [0.15, 0.2) is 24.3 Å². The summed E-state index contributed by atoms with van der Waals surface area (Å²) >= 11 is 0. The quantitative estimate of drug-likeness (QED) is 0.900. The van der Waals surface area contributed by atoms with E-state index in [1.807, 2.05) is 16.8 Å². The first-order chi connectivity index (χ1) is 12.5. The summed E-state index contributed by atoms with van der Waals surface area (Å²) in [5.41, 5.74) is 2.34. The fourth-order valence-corrected chi connectivity index (χ4v) is 4.82. The van der Waals surface area contributed by atoms with Crippen molar-refractivity contribution in [3.05, 3.63) is 35.4 Å². The topological polar surface area (TPSA) is 52.7 Å². The van der Waals surface area contributed by atoms with Crippen molar-refractivity contribution >= 4 is 11.8 Å². The van der Waals surface area contributed by atoms with Crippen LogP contribution in [0.3, 0.4) is 0 Å². The fraction of sp³-hybridized carbons (Fsp3) is 0.619. The number of hydrogen-bond donors (Lipinski definition) is 1. The second-order valence-electron chi connectivity index (χ2n) is 8.37. The number of carbonyl (C=O) groups is 2. The van der Waals surface area contributed by atoms with E-state index in [0.29, 0.717) is 37.6 Å². The maximum Gasteiger partial charge on any atom is 0.227 e. The molecule has 0 aromatic heterocycles. The smallest absolute Gasteiger partial charge is 0.227 e. The number of fused-ring (bicyclic) bond motifs is 2. The van der Waals surface area contributed by atoms with Crippen LogP contribution in [0.4, 0.5) is 0 Å². The van der Waals surface area contributed by atoms with Gasteiger partial charge in [-0.1, -0.05) is 29.8 Å². The van der Waals surface area contributed by atoms with E-state index in [4.69, 9.17) is 0 Å². The van der Waals surface area contributed by atoms with Gasteiger partial charge in [0.2, 0.25) is 11.8 Å². The van der Waals surface area contributed by atoms with Crippen molar-refractivity contribution < 1.29 is 9.59 Å².